The third-order valence-corrected chi connectivity index (χ3v) is 8.85. The Balaban J connectivity index is 1.80. The van der Waals surface area contributed by atoms with Crippen molar-refractivity contribution in [2.75, 3.05) is 22.6 Å². The molecule has 9 nitrogen and oxygen atoms in total. The Kier molecular flexibility index (Phi) is 6.50. The maximum absolute atomic E-state index is 15.9. The number of carbonyl (C=O) groups excluding carboxylic acids is 1. The number of aromatic hydroxyl groups is 1. The number of fused-ring (bicyclic) bond motifs is 1. The van der Waals surface area contributed by atoms with Gasteiger partial charge in [0.15, 0.2) is 21.9 Å². The molecule has 3 heterocycles. The van der Waals surface area contributed by atoms with E-state index in [2.05, 4.69) is 16.9 Å². The quantitative estimate of drug-likeness (QED) is 0.321. The minimum atomic E-state index is -4.04. The molecule has 1 atom stereocenters. The van der Waals surface area contributed by atoms with Crippen LogP contribution in [0.1, 0.15) is 49.3 Å². The predicted octanol–water partition coefficient (Wildman–Crippen LogP) is 5.34. The molecule has 0 radical (unpaired) electrons. The van der Waals surface area contributed by atoms with Gasteiger partial charge in [0, 0.05) is 17.3 Å². The summed E-state index contributed by atoms with van der Waals surface area (Å²) in [6.07, 6.45) is 2.47. The lowest BCUT2D eigenvalue weighted by Gasteiger charge is -2.37. The van der Waals surface area contributed by atoms with Gasteiger partial charge in [0.25, 0.3) is 5.91 Å². The van der Waals surface area contributed by atoms with Crippen molar-refractivity contribution in [1.29, 1.82) is 0 Å². The average molecular weight is 554 g/mol. The van der Waals surface area contributed by atoms with Gasteiger partial charge in [-0.15, -0.1) is 0 Å². The number of allylic oxidation sites excluding steroid dienone is 1. The fourth-order valence-electron chi connectivity index (χ4n) is 5.08. The van der Waals surface area contributed by atoms with Crippen molar-refractivity contribution in [2.45, 2.75) is 33.2 Å². The fourth-order valence-corrected chi connectivity index (χ4v) is 7.43. The number of amides is 1. The van der Waals surface area contributed by atoms with E-state index in [0.29, 0.717) is 0 Å². The Morgan fingerprint density at radius 2 is 2.10 bits per heavy atom. The zero-order valence-corrected chi connectivity index (χ0v) is 22.5. The van der Waals surface area contributed by atoms with E-state index in [4.69, 9.17) is 9.15 Å². The van der Waals surface area contributed by atoms with E-state index in [1.807, 2.05) is 13.8 Å². The highest BCUT2D eigenvalue weighted by Crippen LogP contribution is 2.52. The summed E-state index contributed by atoms with van der Waals surface area (Å²) in [6, 6.07) is 7.14. The van der Waals surface area contributed by atoms with Crippen LogP contribution in [0.5, 0.6) is 11.5 Å². The summed E-state index contributed by atoms with van der Waals surface area (Å²) in [7, 11) is -4.04. The van der Waals surface area contributed by atoms with Crippen molar-refractivity contribution >= 4 is 27.1 Å². The molecule has 0 bridgehead atoms. The van der Waals surface area contributed by atoms with Crippen LogP contribution in [-0.2, 0) is 9.84 Å². The number of rotatable bonds is 5. The summed E-state index contributed by atoms with van der Waals surface area (Å²) in [4.78, 5) is 18.9. The third-order valence-electron chi connectivity index (χ3n) is 6.55. The van der Waals surface area contributed by atoms with Crippen LogP contribution in [0.25, 0.3) is 0 Å². The molecule has 0 saturated carbocycles. The number of para-hydroxylation sites is 1. The van der Waals surface area contributed by atoms with Crippen molar-refractivity contribution in [3.05, 3.63) is 88.9 Å². The number of hydrogen-bond donors (Lipinski definition) is 2. The van der Waals surface area contributed by atoms with Gasteiger partial charge in [0.05, 0.1) is 16.3 Å². The molecular weight excluding hydrogens is 525 g/mol. The minimum absolute atomic E-state index is 0.0664. The van der Waals surface area contributed by atoms with Crippen LogP contribution in [0.2, 0.25) is 0 Å². The van der Waals surface area contributed by atoms with Gasteiger partial charge in [-0.1, -0.05) is 26.5 Å². The van der Waals surface area contributed by atoms with Crippen molar-refractivity contribution in [2.24, 2.45) is 5.41 Å². The molecule has 1 amide bonds. The van der Waals surface area contributed by atoms with Gasteiger partial charge in [-0.05, 0) is 48.6 Å². The summed E-state index contributed by atoms with van der Waals surface area (Å²) in [5.74, 6) is -1.71. The van der Waals surface area contributed by atoms with Crippen molar-refractivity contribution in [3.8, 4) is 11.5 Å². The second-order valence-electron chi connectivity index (χ2n) is 10.6. The smallest absolute Gasteiger partial charge is 0.281 e. The molecule has 2 aromatic carbocycles. The van der Waals surface area contributed by atoms with E-state index in [1.54, 1.807) is 13.0 Å². The van der Waals surface area contributed by atoms with Crippen LogP contribution < -0.4 is 15.0 Å². The number of nitrogens with zero attached hydrogens (tertiary/aromatic N) is 2. The lowest BCUT2D eigenvalue weighted by Crippen LogP contribution is -2.41. The summed E-state index contributed by atoms with van der Waals surface area (Å²) in [5.41, 5.74) is 0.440. The summed E-state index contributed by atoms with van der Waals surface area (Å²) in [5, 5.41) is 13.9. The molecule has 204 valence electrons. The first-order chi connectivity index (χ1) is 18.4. The molecule has 0 fully saturated rings. The Hall–Kier alpha value is -4.12. The Bertz CT molecular complexity index is 1610. The lowest BCUT2D eigenvalue weighted by atomic mass is 9.88. The zero-order valence-electron chi connectivity index (χ0n) is 21.7. The van der Waals surface area contributed by atoms with Crippen molar-refractivity contribution < 1.29 is 31.9 Å². The first-order valence-electron chi connectivity index (χ1n) is 12.2. The average Bonchev–Trinajstić information content (AvgIpc) is 3.32. The highest BCUT2D eigenvalue weighted by Gasteiger charge is 2.48. The minimum Gasteiger partial charge on any atom is -0.506 e. The molecule has 2 N–H and O–H groups in total. The second-order valence-corrected chi connectivity index (χ2v) is 12.6. The van der Waals surface area contributed by atoms with E-state index in [1.165, 1.54) is 24.3 Å². The number of sulfone groups is 1. The first kappa shape index (κ1) is 26.5. The molecule has 2 aliphatic heterocycles. The van der Waals surface area contributed by atoms with Gasteiger partial charge in [-0.3, -0.25) is 9.69 Å². The zero-order chi connectivity index (χ0) is 28.1. The lowest BCUT2D eigenvalue weighted by molar-refractivity contribution is 0.0975. The largest absolute Gasteiger partial charge is 0.506 e. The van der Waals surface area contributed by atoms with Crippen LogP contribution in [-0.4, -0.2) is 36.8 Å². The number of nitrogens with one attached hydrogen (secondary N) is 1. The normalized spacial score (nSPS) is 19.4. The Morgan fingerprint density at radius 3 is 2.77 bits per heavy atom. The van der Waals surface area contributed by atoms with Crippen LogP contribution in [0.15, 0.2) is 76.2 Å². The number of halogens is 1. The molecule has 11 heteroatoms. The summed E-state index contributed by atoms with van der Waals surface area (Å²) < 4.78 is 54.4. The van der Waals surface area contributed by atoms with Crippen LogP contribution in [0.3, 0.4) is 0 Å². The number of carbonyl (C=O) groups is 1. The van der Waals surface area contributed by atoms with E-state index >= 15 is 4.39 Å². The monoisotopic (exact) mass is 553 g/mol. The number of ether oxygens (including phenoxy) is 1. The van der Waals surface area contributed by atoms with Gasteiger partial charge in [0.1, 0.15) is 41.9 Å². The molecule has 0 aliphatic carbocycles. The molecule has 0 spiro atoms. The topological polar surface area (TPSA) is 122 Å². The second kappa shape index (κ2) is 9.57. The number of anilines is 2. The Labute approximate surface area is 225 Å². The standard InChI is InChI=1S/C28H28FN3O6S/c1-16(2)12-38-17-8-9-18(19(29)10-17)25-26-20(11-28(3,4)14-39(26,35)36)31-24-22(6-5-7-23(24)33)32(25)27(34)21-13-37-15-30-21/h5-10,13,15,25,31,33H,1,11-12,14H2,2-4H3. The Morgan fingerprint density at radius 1 is 1.33 bits per heavy atom. The predicted molar refractivity (Wildman–Crippen MR) is 144 cm³/mol. The van der Waals surface area contributed by atoms with Crippen LogP contribution in [0.4, 0.5) is 15.8 Å². The molecule has 39 heavy (non-hydrogen) atoms. The maximum atomic E-state index is 15.9. The molecule has 1 unspecified atom stereocenters. The van der Waals surface area contributed by atoms with Gasteiger partial charge in [-0.25, -0.2) is 17.8 Å². The number of phenols is 1. The van der Waals surface area contributed by atoms with Gasteiger partial charge >= 0.3 is 0 Å². The SMILES string of the molecule is C=C(C)COc1ccc(C2C3=C(CC(C)(C)CS3(=O)=O)Nc3c(O)cccc3N2C(=O)c2cocn2)c(F)c1. The highest BCUT2D eigenvalue weighted by molar-refractivity contribution is 7.95. The van der Waals surface area contributed by atoms with Gasteiger partial charge < -0.3 is 19.6 Å². The number of aromatic nitrogens is 1. The van der Waals surface area contributed by atoms with E-state index < -0.39 is 33.0 Å². The molecule has 2 aliphatic rings. The molecular formula is C28H28FN3O6S. The number of benzene rings is 2. The van der Waals surface area contributed by atoms with Gasteiger partial charge in [-0.2, -0.15) is 0 Å². The molecule has 5 rings (SSSR count). The molecule has 0 saturated heterocycles. The fraction of sp³-hybridized carbons (Fsp3) is 0.286. The summed E-state index contributed by atoms with van der Waals surface area (Å²) >= 11 is 0. The summed E-state index contributed by atoms with van der Waals surface area (Å²) in [6.45, 7) is 9.35. The first-order valence-corrected chi connectivity index (χ1v) is 13.9. The third kappa shape index (κ3) is 4.89. The van der Waals surface area contributed by atoms with Crippen LogP contribution in [0, 0.1) is 11.2 Å². The molecule has 3 aromatic rings. The highest BCUT2D eigenvalue weighted by atomic mass is 32.2. The number of phenolic OH excluding ortho intramolecular Hbond substituents is 1. The van der Waals surface area contributed by atoms with E-state index in [9.17, 15) is 18.3 Å². The molecule has 1 aromatic heterocycles. The number of hydrogen-bond acceptors (Lipinski definition) is 8. The number of oxazole rings is 1. The van der Waals surface area contributed by atoms with Crippen LogP contribution >= 0.6 is 0 Å². The van der Waals surface area contributed by atoms with Crippen molar-refractivity contribution in [1.82, 2.24) is 4.98 Å². The van der Waals surface area contributed by atoms with E-state index in [-0.39, 0.29) is 63.5 Å². The van der Waals surface area contributed by atoms with E-state index in [0.717, 1.165) is 29.2 Å². The maximum Gasteiger partial charge on any atom is 0.281 e. The van der Waals surface area contributed by atoms with Gasteiger partial charge in [0.2, 0.25) is 0 Å². The van der Waals surface area contributed by atoms with Crippen molar-refractivity contribution in [3.63, 3.8) is 0 Å².